The summed E-state index contributed by atoms with van der Waals surface area (Å²) in [5.41, 5.74) is -6.20. The van der Waals surface area contributed by atoms with Crippen LogP contribution in [0.25, 0.3) is 0 Å². The van der Waals surface area contributed by atoms with E-state index in [2.05, 4.69) is 4.40 Å². The number of hydrogen-bond acceptors (Lipinski definition) is 6. The van der Waals surface area contributed by atoms with Crippen LogP contribution in [-0.4, -0.2) is 28.2 Å². The Balaban J connectivity index is 2.24. The van der Waals surface area contributed by atoms with Crippen LogP contribution >= 0.6 is 0 Å². The molecule has 0 heterocycles. The summed E-state index contributed by atoms with van der Waals surface area (Å²) in [6.07, 6.45) is 0. The van der Waals surface area contributed by atoms with Gasteiger partial charge in [-0.3, -0.25) is 0 Å². The molecule has 0 spiro atoms. The number of nitrogens with zero attached hydrogens (tertiary/aromatic N) is 1. The smallest absolute Gasteiger partial charge is 0.518 e. The highest BCUT2D eigenvalue weighted by atomic mass is 32.2. The van der Waals surface area contributed by atoms with Crippen molar-refractivity contribution in [1.29, 1.82) is 0 Å². The van der Waals surface area contributed by atoms with Crippen LogP contribution in [0.5, 0.6) is 5.75 Å². The van der Waals surface area contributed by atoms with Crippen LogP contribution in [0, 0.1) is 0 Å². The summed E-state index contributed by atoms with van der Waals surface area (Å²) >= 11 is 0. The van der Waals surface area contributed by atoms with Crippen LogP contribution in [0.3, 0.4) is 0 Å². The van der Waals surface area contributed by atoms with E-state index in [4.69, 9.17) is 4.18 Å². The van der Waals surface area contributed by atoms with E-state index in [9.17, 15) is 35.1 Å². The molecule has 0 atom stereocenters. The van der Waals surface area contributed by atoms with Gasteiger partial charge in [0.05, 0.1) is 0 Å². The molecule has 0 N–H and O–H groups in total. The number of rotatable bonds is 5. The summed E-state index contributed by atoms with van der Waals surface area (Å²) in [4.78, 5) is -0.133. The molecule has 0 fully saturated rings. The van der Waals surface area contributed by atoms with Gasteiger partial charge >= 0.3 is 25.6 Å². The van der Waals surface area contributed by atoms with Crippen molar-refractivity contribution in [3.63, 3.8) is 0 Å². The van der Waals surface area contributed by atoms with Gasteiger partial charge < -0.3 is 9.29 Å². The van der Waals surface area contributed by atoms with Crippen LogP contribution in [0.2, 0.25) is 0 Å². The lowest BCUT2D eigenvalue weighted by molar-refractivity contribution is -0.212. The molecule has 140 valence electrons. The summed E-state index contributed by atoms with van der Waals surface area (Å²) in [5.74, 6) is -1.89. The Labute approximate surface area is 146 Å². The number of hydrogen-bond donors (Lipinski definition) is 0. The van der Waals surface area contributed by atoms with Crippen LogP contribution in [0.4, 0.5) is 13.2 Å². The van der Waals surface area contributed by atoms with Crippen LogP contribution < -0.4 is 9.29 Å². The fourth-order valence-corrected chi connectivity index (χ4v) is 3.01. The number of sulfonamides is 1. The first-order valence-corrected chi connectivity index (χ1v) is 9.45. The highest BCUT2D eigenvalue weighted by Gasteiger charge is 2.45. The average molecular weight is 408 g/mol. The maximum absolute atomic E-state index is 12.2. The molecule has 0 bridgehead atoms. The van der Waals surface area contributed by atoms with Gasteiger partial charge in [0.1, 0.15) is 10.6 Å². The Morgan fingerprint density at radius 2 is 1.46 bits per heavy atom. The minimum absolute atomic E-state index is 0.133. The Hall–Kier alpha value is -2.60. The lowest BCUT2D eigenvalue weighted by Gasteiger charge is -2.12. The van der Waals surface area contributed by atoms with Gasteiger partial charge in [0.15, 0.2) is 0 Å². The molecule has 0 radical (unpaired) electrons. The van der Waals surface area contributed by atoms with E-state index in [1.165, 1.54) is 24.3 Å². The largest absolute Gasteiger partial charge is 0.858 e. The zero-order chi connectivity index (χ0) is 19.6. The van der Waals surface area contributed by atoms with E-state index in [1.807, 2.05) is 0 Å². The van der Waals surface area contributed by atoms with E-state index in [-0.39, 0.29) is 10.6 Å². The Kier molecular flexibility index (Phi) is 5.28. The fourth-order valence-electron chi connectivity index (χ4n) is 1.63. The highest BCUT2D eigenvalue weighted by molar-refractivity contribution is 7.91. The molecule has 0 saturated carbocycles. The molecule has 0 aliphatic rings. The quantitative estimate of drug-likeness (QED) is 0.420. The van der Waals surface area contributed by atoms with Crippen LogP contribution in [0.1, 0.15) is 5.56 Å². The van der Waals surface area contributed by atoms with Gasteiger partial charge in [-0.2, -0.15) is 34.4 Å². The summed E-state index contributed by atoms with van der Waals surface area (Å²) in [6.45, 7) is 0. The molecule has 26 heavy (non-hydrogen) atoms. The van der Waals surface area contributed by atoms with Crippen molar-refractivity contribution in [3.8, 4) is 5.75 Å². The number of alkyl halides is 3. The fraction of sp³-hybridized carbons (Fsp3) is 0.0714. The van der Waals surface area contributed by atoms with Crippen molar-refractivity contribution in [2.75, 3.05) is 0 Å². The number of halogens is 3. The zero-order valence-corrected chi connectivity index (χ0v) is 14.2. The molecule has 0 unspecified atom stereocenters. The molecule has 0 amide bonds. The second-order valence-electron chi connectivity index (χ2n) is 4.69. The predicted molar refractivity (Wildman–Crippen MR) is 82.2 cm³/mol. The van der Waals surface area contributed by atoms with E-state index in [1.54, 1.807) is 6.07 Å². The normalized spacial score (nSPS) is 13.4. The second-order valence-corrected chi connectivity index (χ2v) is 7.83. The zero-order valence-electron chi connectivity index (χ0n) is 12.5. The lowest BCUT2D eigenvalue weighted by atomic mass is 10.2. The van der Waals surface area contributed by atoms with Crippen molar-refractivity contribution >= 4 is 26.0 Å². The van der Waals surface area contributed by atoms with Crippen LogP contribution in [-0.2, 0) is 20.1 Å². The van der Waals surface area contributed by atoms with Crippen molar-refractivity contribution in [1.82, 2.24) is 0 Å². The summed E-state index contributed by atoms with van der Waals surface area (Å²) in [6, 6.07) is 10.8. The van der Waals surface area contributed by atoms with Gasteiger partial charge in [-0.25, -0.2) is 0 Å². The van der Waals surface area contributed by atoms with Crippen molar-refractivity contribution < 1.29 is 39.3 Å². The third-order valence-corrected chi connectivity index (χ3v) is 5.09. The molecule has 0 aromatic heterocycles. The third-order valence-electron chi connectivity index (χ3n) is 2.83. The molecule has 2 aromatic carbocycles. The van der Waals surface area contributed by atoms with Crippen molar-refractivity contribution in [3.05, 3.63) is 60.2 Å². The minimum Gasteiger partial charge on any atom is -0.858 e. The van der Waals surface area contributed by atoms with Crippen molar-refractivity contribution in [2.45, 2.75) is 10.4 Å². The van der Waals surface area contributed by atoms with Gasteiger partial charge in [0, 0.05) is 5.90 Å². The van der Waals surface area contributed by atoms with Gasteiger partial charge in [0.25, 0.3) is 0 Å². The standard InChI is InChI=1S/C14H10F3NO6S2/c15-14(16,17)26(22,23)18-13(19)10-6-8-11(9-7-10)24-25(20,21)12-4-2-1-3-5-12/h1-9H,(H,18,19)/p-1. The summed E-state index contributed by atoms with van der Waals surface area (Å²) < 4.78 is 89.2. The minimum atomic E-state index is -5.97. The highest BCUT2D eigenvalue weighted by Crippen LogP contribution is 2.25. The van der Waals surface area contributed by atoms with Crippen molar-refractivity contribution in [2.24, 2.45) is 4.40 Å². The molecule has 7 nitrogen and oxygen atoms in total. The molecule has 0 aliphatic carbocycles. The first-order valence-electron chi connectivity index (χ1n) is 6.61. The molecule has 0 aliphatic heterocycles. The van der Waals surface area contributed by atoms with Gasteiger partial charge in [0.2, 0.25) is 0 Å². The Morgan fingerprint density at radius 3 is 1.96 bits per heavy atom. The van der Waals surface area contributed by atoms with Gasteiger partial charge in [-0.05, 0) is 29.8 Å². The lowest BCUT2D eigenvalue weighted by Crippen LogP contribution is -2.27. The first kappa shape index (κ1) is 19.7. The Morgan fingerprint density at radius 1 is 0.923 bits per heavy atom. The maximum atomic E-state index is 12.2. The maximum Gasteiger partial charge on any atom is 0.518 e. The SMILES string of the molecule is O=S(=O)(Oc1ccc(/C([O-])=N/S(=O)(=O)C(F)(F)F)cc1)c1ccccc1. The molecule has 2 rings (SSSR count). The van der Waals surface area contributed by atoms with E-state index in [0.717, 1.165) is 24.3 Å². The topological polar surface area (TPSA) is 113 Å². The molecular formula is C14H9F3NO6S2-. The predicted octanol–water partition coefficient (Wildman–Crippen LogP) is 1.41. The molecule has 12 heteroatoms. The molecule has 2 aromatic rings. The van der Waals surface area contributed by atoms with Crippen LogP contribution in [0.15, 0.2) is 63.9 Å². The first-order chi connectivity index (χ1) is 11.9. The van der Waals surface area contributed by atoms with E-state index < -0.39 is 37.1 Å². The molecule has 0 saturated heterocycles. The summed E-state index contributed by atoms with van der Waals surface area (Å²) in [7, 11) is -10.1. The summed E-state index contributed by atoms with van der Waals surface area (Å²) in [5, 5.41) is 11.5. The third kappa shape index (κ3) is 4.52. The van der Waals surface area contributed by atoms with Gasteiger partial charge in [-0.1, -0.05) is 30.3 Å². The number of benzene rings is 2. The second kappa shape index (κ2) is 6.96. The van der Waals surface area contributed by atoms with Gasteiger partial charge in [-0.15, -0.1) is 0 Å². The van der Waals surface area contributed by atoms with E-state index >= 15 is 0 Å². The monoisotopic (exact) mass is 408 g/mol. The van der Waals surface area contributed by atoms with E-state index in [0.29, 0.717) is 0 Å². The molecular weight excluding hydrogens is 399 g/mol. The Bertz CT molecular complexity index is 1010. The average Bonchev–Trinajstić information content (AvgIpc) is 2.54.